The van der Waals surface area contributed by atoms with Gasteiger partial charge in [0.15, 0.2) is 0 Å². The van der Waals surface area contributed by atoms with Crippen LogP contribution in [0.15, 0.2) is 0 Å². The van der Waals surface area contributed by atoms with Crippen molar-refractivity contribution in [1.29, 1.82) is 0 Å². The third kappa shape index (κ3) is 5.88. The van der Waals surface area contributed by atoms with E-state index >= 15 is 0 Å². The molecule has 0 aromatic rings. The van der Waals surface area contributed by atoms with Crippen LogP contribution in [0.1, 0.15) is 58.3 Å². The molecule has 1 atom stereocenters. The fourth-order valence-corrected chi connectivity index (χ4v) is 3.93. The van der Waals surface area contributed by atoms with Gasteiger partial charge in [-0.1, -0.05) is 26.2 Å². The SMILES string of the molecule is CCN1CCCC1CNC(=O)CC1(CN)CCCCC1.Cl.Cl. The summed E-state index contributed by atoms with van der Waals surface area (Å²) in [6.45, 7) is 5.95. The van der Waals surface area contributed by atoms with Crippen molar-refractivity contribution in [2.75, 3.05) is 26.2 Å². The lowest BCUT2D eigenvalue weighted by atomic mass is 9.71. The van der Waals surface area contributed by atoms with E-state index in [9.17, 15) is 4.79 Å². The lowest BCUT2D eigenvalue weighted by Crippen LogP contribution is -2.43. The van der Waals surface area contributed by atoms with E-state index in [4.69, 9.17) is 5.73 Å². The van der Waals surface area contributed by atoms with Gasteiger partial charge in [-0.3, -0.25) is 9.69 Å². The molecule has 6 heteroatoms. The largest absolute Gasteiger partial charge is 0.355 e. The van der Waals surface area contributed by atoms with E-state index in [1.54, 1.807) is 0 Å². The number of nitrogens with zero attached hydrogens (tertiary/aromatic N) is 1. The van der Waals surface area contributed by atoms with Gasteiger partial charge in [-0.25, -0.2) is 0 Å². The summed E-state index contributed by atoms with van der Waals surface area (Å²) in [6.07, 6.45) is 9.13. The second kappa shape index (κ2) is 10.7. The Morgan fingerprint density at radius 1 is 1.23 bits per heavy atom. The van der Waals surface area contributed by atoms with E-state index in [-0.39, 0.29) is 36.1 Å². The summed E-state index contributed by atoms with van der Waals surface area (Å²) in [5, 5.41) is 3.16. The number of carbonyl (C=O) groups excluding carboxylic acids is 1. The molecule has 0 aromatic carbocycles. The first kappa shape index (κ1) is 22.0. The number of halogens is 2. The van der Waals surface area contributed by atoms with Crippen LogP contribution in [-0.4, -0.2) is 43.0 Å². The summed E-state index contributed by atoms with van der Waals surface area (Å²) >= 11 is 0. The van der Waals surface area contributed by atoms with Gasteiger partial charge >= 0.3 is 0 Å². The normalized spacial score (nSPS) is 24.2. The zero-order chi connectivity index (χ0) is 14.4. The molecule has 2 aliphatic rings. The predicted molar refractivity (Wildman–Crippen MR) is 97.0 cm³/mol. The third-order valence-corrected chi connectivity index (χ3v) is 5.32. The van der Waals surface area contributed by atoms with Gasteiger partial charge in [0.2, 0.25) is 5.91 Å². The zero-order valence-electron chi connectivity index (χ0n) is 13.8. The van der Waals surface area contributed by atoms with Crippen molar-refractivity contribution < 1.29 is 4.79 Å². The highest BCUT2D eigenvalue weighted by molar-refractivity contribution is 5.85. The third-order valence-electron chi connectivity index (χ3n) is 5.32. The number of carbonyl (C=O) groups is 1. The minimum absolute atomic E-state index is 0. The molecule has 1 aliphatic heterocycles. The van der Waals surface area contributed by atoms with Gasteiger partial charge in [0.05, 0.1) is 0 Å². The Morgan fingerprint density at radius 3 is 2.50 bits per heavy atom. The molecule has 132 valence electrons. The Morgan fingerprint density at radius 2 is 1.91 bits per heavy atom. The molecule has 1 heterocycles. The maximum Gasteiger partial charge on any atom is 0.220 e. The Bertz CT molecular complexity index is 323. The first-order valence-corrected chi connectivity index (χ1v) is 8.40. The standard InChI is InChI=1S/C16H31N3O.2ClH/c1-2-19-10-6-7-14(19)12-18-15(20)11-16(13-17)8-4-3-5-9-16;;/h14H,2-13,17H2,1H3,(H,18,20);2*1H. The van der Waals surface area contributed by atoms with Gasteiger partial charge in [0.1, 0.15) is 0 Å². The van der Waals surface area contributed by atoms with Crippen molar-refractivity contribution >= 4 is 30.7 Å². The summed E-state index contributed by atoms with van der Waals surface area (Å²) in [7, 11) is 0. The van der Waals surface area contributed by atoms with Crippen molar-refractivity contribution in [1.82, 2.24) is 10.2 Å². The van der Waals surface area contributed by atoms with Gasteiger partial charge in [-0.05, 0) is 50.7 Å². The first-order chi connectivity index (χ1) is 9.69. The number of amides is 1. The van der Waals surface area contributed by atoms with Crippen molar-refractivity contribution in [3.8, 4) is 0 Å². The fourth-order valence-electron chi connectivity index (χ4n) is 3.93. The van der Waals surface area contributed by atoms with Crippen LogP contribution in [0.25, 0.3) is 0 Å². The van der Waals surface area contributed by atoms with Crippen LogP contribution in [0.4, 0.5) is 0 Å². The van der Waals surface area contributed by atoms with Crippen molar-refractivity contribution in [3.63, 3.8) is 0 Å². The number of hydrogen-bond acceptors (Lipinski definition) is 3. The molecule has 0 spiro atoms. The van der Waals surface area contributed by atoms with E-state index in [1.807, 2.05) is 0 Å². The minimum atomic E-state index is 0. The molecule has 0 radical (unpaired) electrons. The van der Waals surface area contributed by atoms with Gasteiger partial charge in [-0.2, -0.15) is 0 Å². The molecular weight excluding hydrogens is 321 g/mol. The van der Waals surface area contributed by atoms with Crippen LogP contribution >= 0.6 is 24.8 Å². The molecule has 4 nitrogen and oxygen atoms in total. The average molecular weight is 354 g/mol. The summed E-state index contributed by atoms with van der Waals surface area (Å²) in [4.78, 5) is 14.7. The Kier molecular flexibility index (Phi) is 10.7. The average Bonchev–Trinajstić information content (AvgIpc) is 2.93. The van der Waals surface area contributed by atoms with Crippen LogP contribution < -0.4 is 11.1 Å². The molecule has 3 N–H and O–H groups in total. The van der Waals surface area contributed by atoms with E-state index in [2.05, 4.69) is 17.1 Å². The fraction of sp³-hybridized carbons (Fsp3) is 0.938. The second-order valence-corrected chi connectivity index (χ2v) is 6.67. The molecule has 0 aromatic heterocycles. The van der Waals surface area contributed by atoms with Crippen molar-refractivity contribution in [2.45, 2.75) is 64.3 Å². The molecule has 0 bridgehead atoms. The molecule has 1 saturated carbocycles. The van der Waals surface area contributed by atoms with Gasteiger partial charge in [-0.15, -0.1) is 24.8 Å². The zero-order valence-corrected chi connectivity index (χ0v) is 15.4. The number of likely N-dealkylation sites (N-methyl/N-ethyl adjacent to an activating group) is 1. The van der Waals surface area contributed by atoms with Gasteiger partial charge < -0.3 is 11.1 Å². The number of likely N-dealkylation sites (tertiary alicyclic amines) is 1. The highest BCUT2D eigenvalue weighted by Crippen LogP contribution is 2.38. The minimum Gasteiger partial charge on any atom is -0.355 e. The highest BCUT2D eigenvalue weighted by Gasteiger charge is 2.33. The molecule has 1 aliphatic carbocycles. The van der Waals surface area contributed by atoms with Crippen molar-refractivity contribution in [3.05, 3.63) is 0 Å². The smallest absolute Gasteiger partial charge is 0.220 e. The summed E-state index contributed by atoms with van der Waals surface area (Å²) < 4.78 is 0. The molecule has 22 heavy (non-hydrogen) atoms. The lowest BCUT2D eigenvalue weighted by molar-refractivity contribution is -0.124. The molecule has 1 unspecified atom stereocenters. The monoisotopic (exact) mass is 353 g/mol. The topological polar surface area (TPSA) is 58.4 Å². The number of rotatable bonds is 6. The Hall–Kier alpha value is -0.0300. The van der Waals surface area contributed by atoms with E-state index in [0.29, 0.717) is 19.0 Å². The summed E-state index contributed by atoms with van der Waals surface area (Å²) in [6, 6.07) is 0.545. The maximum absolute atomic E-state index is 12.2. The van der Waals surface area contributed by atoms with Crippen LogP contribution in [0.2, 0.25) is 0 Å². The van der Waals surface area contributed by atoms with Gasteiger partial charge in [0, 0.05) is 19.0 Å². The van der Waals surface area contributed by atoms with E-state index in [0.717, 1.165) is 25.9 Å². The molecule has 2 rings (SSSR count). The molecule has 1 amide bonds. The number of nitrogens with two attached hydrogens (primary N) is 1. The summed E-state index contributed by atoms with van der Waals surface area (Å²) in [5.41, 5.74) is 6.05. The maximum atomic E-state index is 12.2. The molecular formula is C16H33Cl2N3O. The number of hydrogen-bond donors (Lipinski definition) is 2. The van der Waals surface area contributed by atoms with Crippen molar-refractivity contribution in [2.24, 2.45) is 11.1 Å². The number of nitrogens with one attached hydrogen (secondary N) is 1. The van der Waals surface area contributed by atoms with Crippen LogP contribution in [0, 0.1) is 5.41 Å². The molecule has 1 saturated heterocycles. The lowest BCUT2D eigenvalue weighted by Gasteiger charge is -2.35. The van der Waals surface area contributed by atoms with Crippen LogP contribution in [0.5, 0.6) is 0 Å². The quantitative estimate of drug-likeness (QED) is 0.771. The van der Waals surface area contributed by atoms with Crippen LogP contribution in [0.3, 0.4) is 0 Å². The molecule has 2 fully saturated rings. The summed E-state index contributed by atoms with van der Waals surface area (Å²) in [5.74, 6) is 0.209. The van der Waals surface area contributed by atoms with E-state index in [1.165, 1.54) is 38.6 Å². The van der Waals surface area contributed by atoms with Crippen LogP contribution in [-0.2, 0) is 4.79 Å². The predicted octanol–water partition coefficient (Wildman–Crippen LogP) is 2.73. The Balaban J connectivity index is 0.00000220. The highest BCUT2D eigenvalue weighted by atomic mass is 35.5. The first-order valence-electron chi connectivity index (χ1n) is 8.40. The van der Waals surface area contributed by atoms with E-state index < -0.39 is 0 Å². The Labute approximate surface area is 147 Å². The van der Waals surface area contributed by atoms with Gasteiger partial charge in [0.25, 0.3) is 0 Å². The second-order valence-electron chi connectivity index (χ2n) is 6.67.